The molecule has 1 unspecified atom stereocenters. The van der Waals surface area contributed by atoms with Gasteiger partial charge < -0.3 is 15.5 Å². The van der Waals surface area contributed by atoms with Gasteiger partial charge in [-0.25, -0.2) is 8.78 Å². The minimum Gasteiger partial charge on any atom is -0.371 e. The van der Waals surface area contributed by atoms with E-state index in [0.29, 0.717) is 18.4 Å². The molecular formula is C22H25F2N3O2. The lowest BCUT2D eigenvalue weighted by Crippen LogP contribution is -2.26. The summed E-state index contributed by atoms with van der Waals surface area (Å²) in [5, 5.41) is 5.37. The molecule has 0 aliphatic carbocycles. The Morgan fingerprint density at radius 1 is 1.14 bits per heavy atom. The molecule has 29 heavy (non-hydrogen) atoms. The quantitative estimate of drug-likeness (QED) is 0.691. The molecule has 2 aromatic rings. The molecule has 1 fully saturated rings. The van der Waals surface area contributed by atoms with Crippen LogP contribution in [0.4, 0.5) is 20.2 Å². The number of hydrogen-bond donors (Lipinski definition) is 2. The summed E-state index contributed by atoms with van der Waals surface area (Å²) < 4.78 is 26.4. The van der Waals surface area contributed by atoms with Crippen molar-refractivity contribution in [2.24, 2.45) is 5.92 Å². The molecule has 2 aromatic carbocycles. The zero-order chi connectivity index (χ0) is 20.8. The lowest BCUT2D eigenvalue weighted by molar-refractivity contribution is -0.116. The van der Waals surface area contributed by atoms with Crippen molar-refractivity contribution in [3.63, 3.8) is 0 Å². The number of nitrogens with one attached hydrogen (secondary N) is 2. The molecule has 3 rings (SSSR count). The molecule has 2 amide bonds. The Morgan fingerprint density at radius 2 is 1.90 bits per heavy atom. The monoisotopic (exact) mass is 401 g/mol. The van der Waals surface area contributed by atoms with Gasteiger partial charge in [0.15, 0.2) is 0 Å². The average Bonchev–Trinajstić information content (AvgIpc) is 3.12. The van der Waals surface area contributed by atoms with E-state index in [4.69, 9.17) is 0 Å². The highest BCUT2D eigenvalue weighted by molar-refractivity contribution is 5.94. The lowest BCUT2D eigenvalue weighted by atomic mass is 10.2. The van der Waals surface area contributed by atoms with E-state index >= 15 is 0 Å². The lowest BCUT2D eigenvalue weighted by Gasteiger charge is -2.18. The van der Waals surface area contributed by atoms with Gasteiger partial charge in [-0.1, -0.05) is 6.92 Å². The predicted octanol–water partition coefficient (Wildman–Crippen LogP) is 3.96. The molecule has 0 radical (unpaired) electrons. The Kier molecular flexibility index (Phi) is 6.80. The maximum absolute atomic E-state index is 13.6. The summed E-state index contributed by atoms with van der Waals surface area (Å²) in [6, 6.07) is 10.6. The molecule has 0 spiro atoms. The van der Waals surface area contributed by atoms with Gasteiger partial charge >= 0.3 is 0 Å². The van der Waals surface area contributed by atoms with Crippen LogP contribution in [-0.2, 0) is 4.79 Å². The standard InChI is InChI=1S/C22H25F2N3O2/c1-15-10-12-27(14-15)18-7-5-17(6-8-18)26-21(28)3-2-11-25-22(29)19-9-4-16(23)13-20(19)24/h4-9,13,15H,2-3,10-12,14H2,1H3,(H,25,29)(H,26,28). The van der Waals surface area contributed by atoms with Gasteiger partial charge in [0.25, 0.3) is 5.91 Å². The first-order valence-electron chi connectivity index (χ1n) is 9.80. The Labute approximate surface area is 169 Å². The highest BCUT2D eigenvalue weighted by Crippen LogP contribution is 2.24. The molecule has 1 aliphatic heterocycles. The zero-order valence-electron chi connectivity index (χ0n) is 16.4. The minimum atomic E-state index is -0.910. The minimum absolute atomic E-state index is 0.158. The molecule has 5 nitrogen and oxygen atoms in total. The second-order valence-corrected chi connectivity index (χ2v) is 7.42. The second kappa shape index (κ2) is 9.49. The number of rotatable bonds is 7. The van der Waals surface area contributed by atoms with Crippen molar-refractivity contribution in [2.75, 3.05) is 29.9 Å². The summed E-state index contributed by atoms with van der Waals surface area (Å²) in [4.78, 5) is 26.3. The Bertz CT molecular complexity index is 871. The number of anilines is 2. The summed E-state index contributed by atoms with van der Waals surface area (Å²) in [6.07, 6.45) is 1.82. The number of amides is 2. The summed E-state index contributed by atoms with van der Waals surface area (Å²) in [5.74, 6) is -1.73. The van der Waals surface area contributed by atoms with Crippen molar-refractivity contribution in [1.82, 2.24) is 5.32 Å². The van der Waals surface area contributed by atoms with Crippen molar-refractivity contribution in [3.8, 4) is 0 Å². The fraction of sp³-hybridized carbons (Fsp3) is 0.364. The normalized spacial score (nSPS) is 16.0. The zero-order valence-corrected chi connectivity index (χ0v) is 16.4. The maximum Gasteiger partial charge on any atom is 0.254 e. The van der Waals surface area contributed by atoms with Crippen LogP contribution >= 0.6 is 0 Å². The van der Waals surface area contributed by atoms with Crippen LogP contribution in [0.1, 0.15) is 36.5 Å². The van der Waals surface area contributed by atoms with Gasteiger partial charge in [-0.05, 0) is 55.2 Å². The predicted molar refractivity (Wildman–Crippen MR) is 109 cm³/mol. The van der Waals surface area contributed by atoms with Crippen LogP contribution in [0.3, 0.4) is 0 Å². The van der Waals surface area contributed by atoms with Crippen molar-refractivity contribution >= 4 is 23.2 Å². The Balaban J connectivity index is 1.39. The van der Waals surface area contributed by atoms with E-state index < -0.39 is 17.5 Å². The highest BCUT2D eigenvalue weighted by atomic mass is 19.1. The van der Waals surface area contributed by atoms with Gasteiger partial charge in [0.1, 0.15) is 11.6 Å². The molecule has 1 saturated heterocycles. The van der Waals surface area contributed by atoms with Gasteiger partial charge in [-0.2, -0.15) is 0 Å². The number of hydrogen-bond acceptors (Lipinski definition) is 3. The molecule has 1 heterocycles. The van der Waals surface area contributed by atoms with Gasteiger partial charge in [-0.15, -0.1) is 0 Å². The number of carbonyl (C=O) groups excluding carboxylic acids is 2. The highest BCUT2D eigenvalue weighted by Gasteiger charge is 2.18. The van der Waals surface area contributed by atoms with Crippen LogP contribution in [0.5, 0.6) is 0 Å². The van der Waals surface area contributed by atoms with Crippen molar-refractivity contribution in [3.05, 3.63) is 59.7 Å². The third kappa shape index (κ3) is 5.76. The van der Waals surface area contributed by atoms with Crippen LogP contribution < -0.4 is 15.5 Å². The molecule has 0 saturated carbocycles. The van der Waals surface area contributed by atoms with E-state index in [1.807, 2.05) is 24.3 Å². The van der Waals surface area contributed by atoms with Gasteiger partial charge in [0.2, 0.25) is 5.91 Å². The first kappa shape index (κ1) is 20.8. The number of carbonyl (C=O) groups is 2. The maximum atomic E-state index is 13.6. The third-order valence-corrected chi connectivity index (χ3v) is 4.98. The number of halogens is 2. The van der Waals surface area contributed by atoms with E-state index in [1.54, 1.807) is 0 Å². The van der Waals surface area contributed by atoms with Crippen LogP contribution in [-0.4, -0.2) is 31.4 Å². The van der Waals surface area contributed by atoms with Crippen molar-refractivity contribution in [1.29, 1.82) is 0 Å². The summed E-state index contributed by atoms with van der Waals surface area (Å²) >= 11 is 0. The van der Waals surface area contributed by atoms with Crippen molar-refractivity contribution < 1.29 is 18.4 Å². The van der Waals surface area contributed by atoms with Crippen LogP contribution in [0.15, 0.2) is 42.5 Å². The van der Waals surface area contributed by atoms with E-state index in [0.717, 1.165) is 36.6 Å². The molecule has 0 bridgehead atoms. The Morgan fingerprint density at radius 3 is 2.55 bits per heavy atom. The fourth-order valence-corrected chi connectivity index (χ4v) is 3.37. The third-order valence-electron chi connectivity index (χ3n) is 4.98. The number of nitrogens with zero attached hydrogens (tertiary/aromatic N) is 1. The first-order valence-corrected chi connectivity index (χ1v) is 9.80. The van der Waals surface area contributed by atoms with E-state index in [-0.39, 0.29) is 24.4 Å². The van der Waals surface area contributed by atoms with Crippen LogP contribution in [0.25, 0.3) is 0 Å². The molecule has 154 valence electrons. The fourth-order valence-electron chi connectivity index (χ4n) is 3.37. The first-order chi connectivity index (χ1) is 13.9. The SMILES string of the molecule is CC1CCN(c2ccc(NC(=O)CCCNC(=O)c3ccc(F)cc3F)cc2)C1. The van der Waals surface area contributed by atoms with Gasteiger partial charge in [-0.3, -0.25) is 9.59 Å². The molecule has 0 aromatic heterocycles. The molecule has 2 N–H and O–H groups in total. The molecular weight excluding hydrogens is 376 g/mol. The van der Waals surface area contributed by atoms with Crippen molar-refractivity contribution in [2.45, 2.75) is 26.2 Å². The van der Waals surface area contributed by atoms with Crippen LogP contribution in [0.2, 0.25) is 0 Å². The summed E-state index contributed by atoms with van der Waals surface area (Å²) in [5.41, 5.74) is 1.66. The molecule has 1 aliphatic rings. The topological polar surface area (TPSA) is 61.4 Å². The van der Waals surface area contributed by atoms with E-state index in [9.17, 15) is 18.4 Å². The smallest absolute Gasteiger partial charge is 0.254 e. The van der Waals surface area contributed by atoms with Gasteiger partial charge in [0.05, 0.1) is 5.56 Å². The van der Waals surface area contributed by atoms with Crippen LogP contribution in [0, 0.1) is 17.6 Å². The molecule has 1 atom stereocenters. The summed E-state index contributed by atoms with van der Waals surface area (Å²) in [7, 11) is 0. The Hall–Kier alpha value is -2.96. The summed E-state index contributed by atoms with van der Waals surface area (Å²) in [6.45, 7) is 4.57. The van der Waals surface area contributed by atoms with E-state index in [1.165, 1.54) is 6.42 Å². The van der Waals surface area contributed by atoms with Gasteiger partial charge in [0, 0.05) is 43.5 Å². The number of benzene rings is 2. The van der Waals surface area contributed by atoms with E-state index in [2.05, 4.69) is 22.5 Å². The second-order valence-electron chi connectivity index (χ2n) is 7.42. The molecule has 7 heteroatoms. The largest absolute Gasteiger partial charge is 0.371 e. The average molecular weight is 401 g/mol.